The molecule has 1 aromatic heterocycles. The van der Waals surface area contributed by atoms with Crippen molar-refractivity contribution in [1.82, 2.24) is 0 Å². The second-order valence-electron chi connectivity index (χ2n) is 3.39. The van der Waals surface area contributed by atoms with Crippen molar-refractivity contribution in [2.24, 2.45) is 0 Å². The van der Waals surface area contributed by atoms with E-state index in [9.17, 15) is 18.0 Å². The fourth-order valence-electron chi connectivity index (χ4n) is 1.37. The molecule has 0 atom stereocenters. The second kappa shape index (κ2) is 4.08. The molecule has 0 unspecified atom stereocenters. The summed E-state index contributed by atoms with van der Waals surface area (Å²) in [5, 5.41) is 0. The van der Waals surface area contributed by atoms with Crippen LogP contribution in [-0.4, -0.2) is 0 Å². The summed E-state index contributed by atoms with van der Waals surface area (Å²) >= 11 is 0. The van der Waals surface area contributed by atoms with Crippen molar-refractivity contribution >= 4 is 0 Å². The third-order valence-electron chi connectivity index (χ3n) is 2.19. The van der Waals surface area contributed by atoms with Crippen molar-refractivity contribution in [3.05, 3.63) is 58.4 Å². The molecule has 0 N–H and O–H groups in total. The summed E-state index contributed by atoms with van der Waals surface area (Å²) in [5.41, 5.74) is -0.849. The Morgan fingerprint density at radius 2 is 1.59 bits per heavy atom. The fraction of sp³-hybridized carbons (Fsp3) is 0.0833. The fourth-order valence-corrected chi connectivity index (χ4v) is 1.37. The van der Waals surface area contributed by atoms with Crippen LogP contribution in [-0.2, 0) is 6.18 Å². The molecule has 2 aromatic rings. The molecule has 0 aliphatic rings. The Bertz CT molecular complexity index is 567. The molecule has 0 fully saturated rings. The summed E-state index contributed by atoms with van der Waals surface area (Å²) in [6.07, 6.45) is -4.37. The second-order valence-corrected chi connectivity index (χ2v) is 3.39. The van der Waals surface area contributed by atoms with Crippen molar-refractivity contribution in [2.45, 2.75) is 6.18 Å². The molecule has 1 aromatic carbocycles. The van der Waals surface area contributed by atoms with Gasteiger partial charge in [-0.3, -0.25) is 0 Å². The van der Waals surface area contributed by atoms with E-state index in [1.165, 1.54) is 30.3 Å². The van der Waals surface area contributed by atoms with Gasteiger partial charge in [0.15, 0.2) is 0 Å². The minimum absolute atomic E-state index is 0.242. The zero-order chi connectivity index (χ0) is 12.5. The molecular weight excluding hydrogens is 233 g/mol. The lowest BCUT2D eigenvalue weighted by atomic mass is 10.1. The number of halogens is 3. The van der Waals surface area contributed by atoms with Gasteiger partial charge >= 0.3 is 11.8 Å². The highest BCUT2D eigenvalue weighted by Gasteiger charge is 2.29. The Morgan fingerprint density at radius 3 is 2.12 bits per heavy atom. The van der Waals surface area contributed by atoms with Crippen molar-refractivity contribution in [1.29, 1.82) is 0 Å². The predicted molar refractivity (Wildman–Crippen MR) is 55.4 cm³/mol. The molecule has 2 nitrogen and oxygen atoms in total. The number of rotatable bonds is 1. The number of hydrogen-bond acceptors (Lipinski definition) is 2. The SMILES string of the molecule is O=c1cccc(-c2ccc(C(F)(F)F)cc2)o1. The summed E-state index contributed by atoms with van der Waals surface area (Å²) < 4.78 is 41.8. The molecule has 0 spiro atoms. The van der Waals surface area contributed by atoms with Gasteiger partial charge in [-0.25, -0.2) is 4.79 Å². The predicted octanol–water partition coefficient (Wildman–Crippen LogP) is 3.33. The van der Waals surface area contributed by atoms with Crippen LogP contribution in [0.2, 0.25) is 0 Å². The highest BCUT2D eigenvalue weighted by atomic mass is 19.4. The van der Waals surface area contributed by atoms with E-state index in [-0.39, 0.29) is 5.76 Å². The maximum atomic E-state index is 12.3. The van der Waals surface area contributed by atoms with Crippen LogP contribution < -0.4 is 5.63 Å². The van der Waals surface area contributed by atoms with Crippen LogP contribution in [0.5, 0.6) is 0 Å². The zero-order valence-electron chi connectivity index (χ0n) is 8.49. The van der Waals surface area contributed by atoms with Crippen LogP contribution in [0.15, 0.2) is 51.7 Å². The molecule has 2 rings (SSSR count). The zero-order valence-corrected chi connectivity index (χ0v) is 8.49. The molecule has 17 heavy (non-hydrogen) atoms. The van der Waals surface area contributed by atoms with Crippen LogP contribution in [0.3, 0.4) is 0 Å². The summed E-state index contributed by atoms with van der Waals surface area (Å²) in [7, 11) is 0. The van der Waals surface area contributed by atoms with Gasteiger partial charge in [0, 0.05) is 11.6 Å². The van der Waals surface area contributed by atoms with E-state index in [1.807, 2.05) is 0 Å². The summed E-state index contributed by atoms with van der Waals surface area (Å²) in [6.45, 7) is 0. The lowest BCUT2D eigenvalue weighted by Gasteiger charge is -2.06. The largest absolute Gasteiger partial charge is 0.423 e. The van der Waals surface area contributed by atoms with E-state index in [0.717, 1.165) is 12.1 Å². The van der Waals surface area contributed by atoms with Crippen molar-refractivity contribution in [2.75, 3.05) is 0 Å². The molecule has 88 valence electrons. The highest BCUT2D eigenvalue weighted by Crippen LogP contribution is 2.30. The summed E-state index contributed by atoms with van der Waals surface area (Å²) in [5.74, 6) is 0.242. The Morgan fingerprint density at radius 1 is 0.941 bits per heavy atom. The van der Waals surface area contributed by atoms with Crippen LogP contribution >= 0.6 is 0 Å². The van der Waals surface area contributed by atoms with E-state index in [1.54, 1.807) is 0 Å². The Hall–Kier alpha value is -2.04. The lowest BCUT2D eigenvalue weighted by Crippen LogP contribution is -2.04. The first-order chi connectivity index (χ1) is 7.97. The van der Waals surface area contributed by atoms with Gasteiger partial charge in [-0.05, 0) is 18.2 Å². The molecular formula is C12H7F3O2. The van der Waals surface area contributed by atoms with Gasteiger partial charge in [-0.2, -0.15) is 13.2 Å². The first-order valence-electron chi connectivity index (χ1n) is 4.74. The normalized spacial score (nSPS) is 11.5. The minimum atomic E-state index is -4.37. The van der Waals surface area contributed by atoms with Crippen molar-refractivity contribution in [3.63, 3.8) is 0 Å². The van der Waals surface area contributed by atoms with Crippen LogP contribution in [0, 0.1) is 0 Å². The number of alkyl halides is 3. The van der Waals surface area contributed by atoms with E-state index < -0.39 is 17.4 Å². The van der Waals surface area contributed by atoms with Crippen LogP contribution in [0.25, 0.3) is 11.3 Å². The molecule has 0 saturated carbocycles. The van der Waals surface area contributed by atoms with Crippen molar-refractivity contribution in [3.8, 4) is 11.3 Å². The summed E-state index contributed by atoms with van der Waals surface area (Å²) in [6, 6.07) is 8.66. The van der Waals surface area contributed by atoms with Crippen LogP contribution in [0.1, 0.15) is 5.56 Å². The summed E-state index contributed by atoms with van der Waals surface area (Å²) in [4.78, 5) is 10.9. The van der Waals surface area contributed by atoms with Gasteiger partial charge in [0.1, 0.15) is 5.76 Å². The molecule has 0 saturated heterocycles. The Labute approximate surface area is 94.3 Å². The van der Waals surface area contributed by atoms with Gasteiger partial charge in [-0.1, -0.05) is 18.2 Å². The van der Waals surface area contributed by atoms with Gasteiger partial charge in [0.25, 0.3) is 0 Å². The first-order valence-corrected chi connectivity index (χ1v) is 4.74. The van der Waals surface area contributed by atoms with Crippen molar-refractivity contribution < 1.29 is 17.6 Å². The topological polar surface area (TPSA) is 30.2 Å². The monoisotopic (exact) mass is 240 g/mol. The third kappa shape index (κ3) is 2.55. The molecule has 0 aliphatic heterocycles. The Balaban J connectivity index is 2.39. The average Bonchev–Trinajstić information content (AvgIpc) is 2.28. The highest BCUT2D eigenvalue weighted by molar-refractivity contribution is 5.57. The van der Waals surface area contributed by atoms with E-state index in [4.69, 9.17) is 4.42 Å². The maximum Gasteiger partial charge on any atom is 0.416 e. The third-order valence-corrected chi connectivity index (χ3v) is 2.19. The molecule has 0 amide bonds. The number of hydrogen-bond donors (Lipinski definition) is 0. The molecule has 0 aliphatic carbocycles. The maximum absolute atomic E-state index is 12.3. The number of benzene rings is 1. The van der Waals surface area contributed by atoms with E-state index >= 15 is 0 Å². The van der Waals surface area contributed by atoms with Gasteiger partial charge in [-0.15, -0.1) is 0 Å². The quantitative estimate of drug-likeness (QED) is 0.765. The van der Waals surface area contributed by atoms with Crippen LogP contribution in [0.4, 0.5) is 13.2 Å². The van der Waals surface area contributed by atoms with Gasteiger partial charge in [0.2, 0.25) is 0 Å². The molecule has 0 radical (unpaired) electrons. The van der Waals surface area contributed by atoms with Gasteiger partial charge < -0.3 is 4.42 Å². The lowest BCUT2D eigenvalue weighted by molar-refractivity contribution is -0.137. The van der Waals surface area contributed by atoms with E-state index in [2.05, 4.69) is 0 Å². The standard InChI is InChI=1S/C12H7F3O2/c13-12(14,15)9-6-4-8(5-7-9)10-2-1-3-11(16)17-10/h1-7H. The molecule has 0 bridgehead atoms. The molecule has 1 heterocycles. The Kier molecular flexibility index (Phi) is 2.75. The smallest absolute Gasteiger partial charge is 0.416 e. The average molecular weight is 240 g/mol. The van der Waals surface area contributed by atoms with E-state index in [0.29, 0.717) is 5.56 Å². The molecule has 5 heteroatoms. The first kappa shape index (κ1) is 11.4. The minimum Gasteiger partial charge on any atom is -0.423 e. The van der Waals surface area contributed by atoms with Gasteiger partial charge in [0.05, 0.1) is 5.56 Å².